The third kappa shape index (κ3) is 3.59. The molecule has 2 aromatic carbocycles. The molecule has 23 heavy (non-hydrogen) atoms. The summed E-state index contributed by atoms with van der Waals surface area (Å²) in [5.41, 5.74) is 0.00632. The van der Waals surface area contributed by atoms with E-state index >= 15 is 0 Å². The van der Waals surface area contributed by atoms with Crippen LogP contribution in [0.3, 0.4) is 0 Å². The molecule has 0 bridgehead atoms. The molecule has 0 radical (unpaired) electrons. The molecule has 1 amide bonds. The lowest BCUT2D eigenvalue weighted by molar-refractivity contribution is 0.0302. The second-order valence-electron chi connectivity index (χ2n) is 5.08. The monoisotopic (exact) mass is 339 g/mol. The standard InChI is InChI=1S/C15H14FNO5S/c16-23(19,20)22-14-10-12-4-2-1-3-11(12)9-13(14)15(18)17-5-7-21-8-6-17/h1-4,9-10H,5-8H2. The van der Waals surface area contributed by atoms with Gasteiger partial charge in [-0.25, -0.2) is 0 Å². The number of fused-ring (bicyclic) bond motifs is 1. The van der Waals surface area contributed by atoms with Gasteiger partial charge in [0, 0.05) is 13.1 Å². The highest BCUT2D eigenvalue weighted by Crippen LogP contribution is 2.29. The van der Waals surface area contributed by atoms with Crippen LogP contribution in [0.5, 0.6) is 5.75 Å². The topological polar surface area (TPSA) is 72.9 Å². The summed E-state index contributed by atoms with van der Waals surface area (Å²) >= 11 is 0. The molecular formula is C15H14FNO5S. The maximum absolute atomic E-state index is 13.0. The molecule has 0 N–H and O–H groups in total. The van der Waals surface area contributed by atoms with Gasteiger partial charge in [0.05, 0.1) is 18.8 Å². The lowest BCUT2D eigenvalue weighted by Gasteiger charge is -2.27. The Bertz CT molecular complexity index is 846. The van der Waals surface area contributed by atoms with E-state index in [1.807, 2.05) is 0 Å². The Morgan fingerprint density at radius 2 is 1.74 bits per heavy atom. The van der Waals surface area contributed by atoms with Crippen LogP contribution in [-0.4, -0.2) is 45.5 Å². The van der Waals surface area contributed by atoms with E-state index in [-0.39, 0.29) is 11.3 Å². The molecule has 3 rings (SSSR count). The summed E-state index contributed by atoms with van der Waals surface area (Å²) in [6, 6.07) is 9.89. The van der Waals surface area contributed by atoms with E-state index in [1.54, 1.807) is 24.3 Å². The van der Waals surface area contributed by atoms with Crippen LogP contribution in [0.2, 0.25) is 0 Å². The van der Waals surface area contributed by atoms with Crippen molar-refractivity contribution in [3.63, 3.8) is 0 Å². The zero-order chi connectivity index (χ0) is 16.4. The second-order valence-corrected chi connectivity index (χ2v) is 6.03. The van der Waals surface area contributed by atoms with Crippen LogP contribution in [0.1, 0.15) is 10.4 Å². The molecule has 122 valence electrons. The van der Waals surface area contributed by atoms with Crippen LogP contribution in [0, 0.1) is 0 Å². The van der Waals surface area contributed by atoms with Gasteiger partial charge in [0.25, 0.3) is 5.91 Å². The summed E-state index contributed by atoms with van der Waals surface area (Å²) in [5.74, 6) is -0.736. The van der Waals surface area contributed by atoms with Gasteiger partial charge in [0.2, 0.25) is 0 Å². The van der Waals surface area contributed by atoms with Crippen molar-refractivity contribution in [2.24, 2.45) is 0 Å². The van der Waals surface area contributed by atoms with Gasteiger partial charge >= 0.3 is 10.5 Å². The number of amides is 1. The predicted molar refractivity (Wildman–Crippen MR) is 81.3 cm³/mol. The highest BCUT2D eigenvalue weighted by atomic mass is 32.3. The van der Waals surface area contributed by atoms with Crippen LogP contribution in [0.25, 0.3) is 10.8 Å². The normalized spacial score (nSPS) is 15.6. The van der Waals surface area contributed by atoms with Gasteiger partial charge in [-0.3, -0.25) is 4.79 Å². The number of rotatable bonds is 3. The lowest BCUT2D eigenvalue weighted by Crippen LogP contribution is -2.40. The van der Waals surface area contributed by atoms with Gasteiger partial charge in [-0.15, -0.1) is 0 Å². The van der Waals surface area contributed by atoms with Gasteiger partial charge in [-0.2, -0.15) is 8.42 Å². The van der Waals surface area contributed by atoms with E-state index in [0.717, 1.165) is 5.39 Å². The van der Waals surface area contributed by atoms with Crippen molar-refractivity contribution in [3.05, 3.63) is 42.0 Å². The zero-order valence-electron chi connectivity index (χ0n) is 12.1. The number of benzene rings is 2. The van der Waals surface area contributed by atoms with E-state index in [0.29, 0.717) is 31.7 Å². The Morgan fingerprint density at radius 1 is 1.13 bits per heavy atom. The maximum Gasteiger partial charge on any atom is 0.488 e. The van der Waals surface area contributed by atoms with E-state index in [2.05, 4.69) is 4.18 Å². The molecule has 0 aliphatic carbocycles. The fourth-order valence-electron chi connectivity index (χ4n) is 2.50. The molecule has 8 heteroatoms. The van der Waals surface area contributed by atoms with Gasteiger partial charge < -0.3 is 13.8 Å². The molecule has 1 heterocycles. The lowest BCUT2D eigenvalue weighted by atomic mass is 10.0. The summed E-state index contributed by atoms with van der Waals surface area (Å²) in [6.45, 7) is 1.56. The third-order valence-electron chi connectivity index (χ3n) is 3.57. The van der Waals surface area contributed by atoms with Crippen LogP contribution >= 0.6 is 0 Å². The summed E-state index contributed by atoms with van der Waals surface area (Å²) in [7, 11) is -5.23. The Kier molecular flexibility index (Phi) is 4.18. The Balaban J connectivity index is 2.08. The fraction of sp³-hybridized carbons (Fsp3) is 0.267. The van der Waals surface area contributed by atoms with Crippen LogP contribution in [0.15, 0.2) is 36.4 Å². The third-order valence-corrected chi connectivity index (χ3v) is 3.94. The molecular weight excluding hydrogens is 325 g/mol. The first-order valence-corrected chi connectivity index (χ1v) is 8.29. The highest BCUT2D eigenvalue weighted by molar-refractivity contribution is 7.81. The van der Waals surface area contributed by atoms with Crippen LogP contribution in [0.4, 0.5) is 3.89 Å². The largest absolute Gasteiger partial charge is 0.488 e. The van der Waals surface area contributed by atoms with Crippen LogP contribution in [-0.2, 0) is 15.2 Å². The van der Waals surface area contributed by atoms with Crippen molar-refractivity contribution >= 4 is 27.2 Å². The van der Waals surface area contributed by atoms with Gasteiger partial charge in [-0.05, 0) is 22.9 Å². The number of morpholine rings is 1. The molecule has 1 aliphatic rings. The first-order chi connectivity index (χ1) is 10.9. The number of carbonyl (C=O) groups excluding carboxylic acids is 1. The quantitative estimate of drug-likeness (QED) is 0.799. The number of halogens is 1. The van der Waals surface area contributed by atoms with Crippen molar-refractivity contribution in [3.8, 4) is 5.75 Å². The summed E-state index contributed by atoms with van der Waals surface area (Å²) in [4.78, 5) is 14.1. The van der Waals surface area contributed by atoms with E-state index in [1.165, 1.54) is 17.0 Å². The number of nitrogens with zero attached hydrogens (tertiary/aromatic N) is 1. The van der Waals surface area contributed by atoms with Crippen molar-refractivity contribution in [1.82, 2.24) is 4.90 Å². The van der Waals surface area contributed by atoms with Crippen molar-refractivity contribution in [1.29, 1.82) is 0 Å². The predicted octanol–water partition coefficient (Wildman–Crippen LogP) is 1.91. The molecule has 1 saturated heterocycles. The molecule has 0 aromatic heterocycles. The number of hydrogen-bond donors (Lipinski definition) is 0. The first-order valence-electron chi connectivity index (χ1n) is 6.98. The minimum atomic E-state index is -5.23. The zero-order valence-corrected chi connectivity index (χ0v) is 12.9. The minimum Gasteiger partial charge on any atom is -0.378 e. The Morgan fingerprint density at radius 3 is 2.35 bits per heavy atom. The Hall–Kier alpha value is -2.19. The Labute approximate surface area is 132 Å². The van der Waals surface area contributed by atoms with Crippen molar-refractivity contribution in [2.45, 2.75) is 0 Å². The highest BCUT2D eigenvalue weighted by Gasteiger charge is 2.24. The maximum atomic E-state index is 13.0. The molecule has 6 nitrogen and oxygen atoms in total. The second kappa shape index (κ2) is 6.13. The van der Waals surface area contributed by atoms with Gasteiger partial charge in [0.15, 0.2) is 5.75 Å². The summed E-state index contributed by atoms with van der Waals surface area (Å²) in [6.07, 6.45) is 0. The number of ether oxygens (including phenoxy) is 1. The number of carbonyl (C=O) groups is 1. The molecule has 0 spiro atoms. The molecule has 2 aromatic rings. The summed E-state index contributed by atoms with van der Waals surface area (Å²) < 4.78 is 44.2. The molecule has 1 aliphatic heterocycles. The van der Waals surface area contributed by atoms with E-state index < -0.39 is 16.4 Å². The smallest absolute Gasteiger partial charge is 0.378 e. The van der Waals surface area contributed by atoms with Crippen molar-refractivity contribution < 1.29 is 26.0 Å². The summed E-state index contributed by atoms with van der Waals surface area (Å²) in [5, 5.41) is 1.37. The SMILES string of the molecule is O=C(c1cc2ccccc2cc1OS(=O)(=O)F)N1CCOCC1. The van der Waals surface area contributed by atoms with Gasteiger partial charge in [-0.1, -0.05) is 28.2 Å². The van der Waals surface area contributed by atoms with Crippen LogP contribution < -0.4 is 4.18 Å². The number of hydrogen-bond acceptors (Lipinski definition) is 5. The molecule has 0 saturated carbocycles. The average molecular weight is 339 g/mol. The minimum absolute atomic E-state index is 0.00632. The molecule has 0 atom stereocenters. The molecule has 0 unspecified atom stereocenters. The van der Waals surface area contributed by atoms with E-state index in [4.69, 9.17) is 4.74 Å². The molecule has 1 fully saturated rings. The van der Waals surface area contributed by atoms with Gasteiger partial charge in [0.1, 0.15) is 0 Å². The first kappa shape index (κ1) is 15.7. The average Bonchev–Trinajstić information content (AvgIpc) is 2.53. The van der Waals surface area contributed by atoms with Crippen molar-refractivity contribution in [2.75, 3.05) is 26.3 Å². The van der Waals surface area contributed by atoms with E-state index in [9.17, 15) is 17.1 Å². The fourth-order valence-corrected chi connectivity index (χ4v) is 2.85.